The zero-order valence-corrected chi connectivity index (χ0v) is 12.9. The first kappa shape index (κ1) is 14.3. The quantitative estimate of drug-likeness (QED) is 0.859. The topological polar surface area (TPSA) is 15.3 Å². The fourth-order valence-electron chi connectivity index (χ4n) is 2.95. The second-order valence-corrected chi connectivity index (χ2v) is 7.06. The van der Waals surface area contributed by atoms with Crippen molar-refractivity contribution in [1.29, 1.82) is 0 Å². The molecule has 2 nitrogen and oxygen atoms in total. The van der Waals surface area contributed by atoms with Crippen LogP contribution in [0.2, 0.25) is 4.34 Å². The van der Waals surface area contributed by atoms with E-state index < -0.39 is 0 Å². The maximum absolute atomic E-state index is 5.97. The van der Waals surface area contributed by atoms with E-state index in [1.165, 1.54) is 30.7 Å². The molecule has 0 aliphatic heterocycles. The molecule has 2 rings (SSSR count). The van der Waals surface area contributed by atoms with E-state index in [1.807, 2.05) is 6.07 Å². The van der Waals surface area contributed by atoms with Crippen molar-refractivity contribution >= 4 is 22.9 Å². The third-order valence-electron chi connectivity index (χ3n) is 3.73. The predicted octanol–water partition coefficient (Wildman–Crippen LogP) is 3.61. The Bertz CT molecular complexity index is 366. The van der Waals surface area contributed by atoms with Crippen molar-refractivity contribution in [2.24, 2.45) is 5.92 Å². The molecule has 1 aliphatic rings. The zero-order chi connectivity index (χ0) is 13.0. The van der Waals surface area contributed by atoms with Gasteiger partial charge in [0.1, 0.15) is 0 Å². The van der Waals surface area contributed by atoms with Gasteiger partial charge >= 0.3 is 0 Å². The van der Waals surface area contributed by atoms with Crippen LogP contribution in [0.4, 0.5) is 0 Å². The van der Waals surface area contributed by atoms with E-state index in [-0.39, 0.29) is 0 Å². The molecule has 2 unspecified atom stereocenters. The van der Waals surface area contributed by atoms with Gasteiger partial charge < -0.3 is 10.2 Å². The Hall–Kier alpha value is -0.0900. The molecule has 18 heavy (non-hydrogen) atoms. The summed E-state index contributed by atoms with van der Waals surface area (Å²) < 4.78 is 0.893. The summed E-state index contributed by atoms with van der Waals surface area (Å²) in [5.41, 5.74) is 0. The minimum atomic E-state index is 0.726. The molecule has 1 N–H and O–H groups in total. The molecule has 1 aliphatic carbocycles. The van der Waals surface area contributed by atoms with Gasteiger partial charge in [0, 0.05) is 24.0 Å². The summed E-state index contributed by atoms with van der Waals surface area (Å²) in [5.74, 6) is 0.811. The fraction of sp³-hybridized carbons (Fsp3) is 0.714. The number of rotatable bonds is 6. The molecule has 1 saturated carbocycles. The van der Waals surface area contributed by atoms with Crippen molar-refractivity contribution < 1.29 is 0 Å². The largest absolute Gasteiger partial charge is 0.314 e. The molecule has 1 aromatic rings. The van der Waals surface area contributed by atoms with Crippen LogP contribution in [0.5, 0.6) is 0 Å². The molecule has 0 bridgehead atoms. The monoisotopic (exact) mass is 286 g/mol. The number of hydrogen-bond acceptors (Lipinski definition) is 3. The highest BCUT2D eigenvalue weighted by molar-refractivity contribution is 7.16. The van der Waals surface area contributed by atoms with Gasteiger partial charge in [-0.05, 0) is 44.5 Å². The summed E-state index contributed by atoms with van der Waals surface area (Å²) in [6, 6.07) is 4.86. The van der Waals surface area contributed by atoms with Crippen LogP contribution in [0.1, 0.15) is 31.1 Å². The van der Waals surface area contributed by atoms with Crippen molar-refractivity contribution in [1.82, 2.24) is 10.2 Å². The lowest BCUT2D eigenvalue weighted by molar-refractivity contribution is 0.247. The van der Waals surface area contributed by atoms with Gasteiger partial charge in [-0.2, -0.15) is 0 Å². The first-order valence-corrected chi connectivity index (χ1v) is 8.04. The standard InChI is InChI=1S/C14H23ClN2S/c1-3-16-13-6-4-5-11(13)9-17(2)10-12-7-8-14(15)18-12/h7-8,11,13,16H,3-6,9-10H2,1-2H3. The molecule has 1 fully saturated rings. The molecule has 1 heterocycles. The van der Waals surface area contributed by atoms with Crippen molar-refractivity contribution in [2.45, 2.75) is 38.8 Å². The number of halogens is 1. The van der Waals surface area contributed by atoms with Crippen LogP contribution in [0.3, 0.4) is 0 Å². The molecule has 0 amide bonds. The molecule has 0 spiro atoms. The molecule has 0 saturated heterocycles. The van der Waals surface area contributed by atoms with Crippen LogP contribution >= 0.6 is 22.9 Å². The van der Waals surface area contributed by atoms with Crippen molar-refractivity contribution in [2.75, 3.05) is 20.1 Å². The van der Waals surface area contributed by atoms with E-state index in [1.54, 1.807) is 11.3 Å². The highest BCUT2D eigenvalue weighted by atomic mass is 35.5. The average Bonchev–Trinajstić information content (AvgIpc) is 2.90. The van der Waals surface area contributed by atoms with Crippen molar-refractivity contribution in [3.8, 4) is 0 Å². The van der Waals surface area contributed by atoms with Crippen LogP contribution < -0.4 is 5.32 Å². The molecule has 4 heteroatoms. The molecular formula is C14H23ClN2S. The van der Waals surface area contributed by atoms with Gasteiger partial charge in [0.25, 0.3) is 0 Å². The maximum atomic E-state index is 5.97. The van der Waals surface area contributed by atoms with Gasteiger partial charge in [0.15, 0.2) is 0 Å². The van der Waals surface area contributed by atoms with E-state index in [0.29, 0.717) is 0 Å². The maximum Gasteiger partial charge on any atom is 0.0931 e. The van der Waals surface area contributed by atoms with Crippen LogP contribution in [-0.4, -0.2) is 31.1 Å². The summed E-state index contributed by atoms with van der Waals surface area (Å²) in [7, 11) is 2.22. The summed E-state index contributed by atoms with van der Waals surface area (Å²) in [4.78, 5) is 3.79. The van der Waals surface area contributed by atoms with Gasteiger partial charge in [-0.25, -0.2) is 0 Å². The summed E-state index contributed by atoms with van der Waals surface area (Å²) in [5, 5.41) is 3.62. The SMILES string of the molecule is CCNC1CCCC1CN(C)Cc1ccc(Cl)s1. The highest BCUT2D eigenvalue weighted by Crippen LogP contribution is 2.27. The molecular weight excluding hydrogens is 264 g/mol. The second-order valence-electron chi connectivity index (χ2n) is 5.26. The molecule has 0 aromatic carbocycles. The Morgan fingerprint density at radius 2 is 2.28 bits per heavy atom. The molecule has 0 radical (unpaired) electrons. The highest BCUT2D eigenvalue weighted by Gasteiger charge is 2.27. The van der Waals surface area contributed by atoms with Crippen LogP contribution in [0.15, 0.2) is 12.1 Å². The van der Waals surface area contributed by atoms with Gasteiger partial charge in [-0.3, -0.25) is 0 Å². The average molecular weight is 287 g/mol. The molecule has 2 atom stereocenters. The van der Waals surface area contributed by atoms with Crippen LogP contribution in [-0.2, 0) is 6.54 Å². The lowest BCUT2D eigenvalue weighted by atomic mass is 10.0. The van der Waals surface area contributed by atoms with E-state index in [2.05, 4.69) is 30.3 Å². The van der Waals surface area contributed by atoms with Gasteiger partial charge in [-0.1, -0.05) is 24.9 Å². The molecule has 1 aromatic heterocycles. The second kappa shape index (κ2) is 6.90. The van der Waals surface area contributed by atoms with Crippen LogP contribution in [0.25, 0.3) is 0 Å². The number of nitrogens with zero attached hydrogens (tertiary/aromatic N) is 1. The smallest absolute Gasteiger partial charge is 0.0931 e. The van der Waals surface area contributed by atoms with Crippen molar-refractivity contribution in [3.63, 3.8) is 0 Å². The lowest BCUT2D eigenvalue weighted by Gasteiger charge is -2.25. The van der Waals surface area contributed by atoms with Crippen molar-refractivity contribution in [3.05, 3.63) is 21.3 Å². The Morgan fingerprint density at radius 3 is 2.94 bits per heavy atom. The third-order valence-corrected chi connectivity index (χ3v) is 4.94. The summed E-state index contributed by atoms with van der Waals surface area (Å²) in [6.45, 7) is 5.50. The number of nitrogens with one attached hydrogen (secondary N) is 1. The Labute approximate surface area is 119 Å². The Kier molecular flexibility index (Phi) is 5.49. The number of hydrogen-bond donors (Lipinski definition) is 1. The normalized spacial score (nSPS) is 24.0. The van der Waals surface area contributed by atoms with Gasteiger partial charge in [0.2, 0.25) is 0 Å². The Balaban J connectivity index is 1.81. The lowest BCUT2D eigenvalue weighted by Crippen LogP contribution is -2.37. The van der Waals surface area contributed by atoms with E-state index in [0.717, 1.165) is 29.4 Å². The number of thiophene rings is 1. The Morgan fingerprint density at radius 1 is 1.44 bits per heavy atom. The van der Waals surface area contributed by atoms with Crippen LogP contribution in [0, 0.1) is 5.92 Å². The first-order chi connectivity index (χ1) is 8.69. The minimum absolute atomic E-state index is 0.726. The van der Waals surface area contributed by atoms with Gasteiger partial charge in [0.05, 0.1) is 4.34 Å². The third kappa shape index (κ3) is 3.95. The predicted molar refractivity (Wildman–Crippen MR) is 80.5 cm³/mol. The summed E-state index contributed by atoms with van der Waals surface area (Å²) >= 11 is 7.66. The minimum Gasteiger partial charge on any atom is -0.314 e. The van der Waals surface area contributed by atoms with E-state index in [9.17, 15) is 0 Å². The molecule has 102 valence electrons. The zero-order valence-electron chi connectivity index (χ0n) is 11.3. The van der Waals surface area contributed by atoms with E-state index in [4.69, 9.17) is 11.6 Å². The fourth-order valence-corrected chi connectivity index (χ4v) is 4.12. The summed E-state index contributed by atoms with van der Waals surface area (Å²) in [6.07, 6.45) is 4.09. The first-order valence-electron chi connectivity index (χ1n) is 6.85. The van der Waals surface area contributed by atoms with E-state index >= 15 is 0 Å². The van der Waals surface area contributed by atoms with Gasteiger partial charge in [-0.15, -0.1) is 11.3 Å².